The Morgan fingerprint density at radius 2 is 2.29 bits per heavy atom. The van der Waals surface area contributed by atoms with Gasteiger partial charge >= 0.3 is 0 Å². The Hall–Kier alpha value is -1.47. The monoisotopic (exact) mass is 212 g/mol. The molecule has 2 aromatic heterocycles. The molecule has 7 heteroatoms. The first-order valence-electron chi connectivity index (χ1n) is 3.90. The minimum atomic E-state index is -2.69. The van der Waals surface area contributed by atoms with Gasteiger partial charge in [-0.15, -0.1) is 0 Å². The van der Waals surface area contributed by atoms with Crippen molar-refractivity contribution in [3.63, 3.8) is 0 Å². The van der Waals surface area contributed by atoms with Gasteiger partial charge in [0.15, 0.2) is 5.65 Å². The molecule has 2 rings (SSSR count). The van der Waals surface area contributed by atoms with Gasteiger partial charge in [-0.3, -0.25) is 0 Å². The number of fused-ring (bicyclic) bond motifs is 1. The van der Waals surface area contributed by atoms with Crippen LogP contribution in [0.3, 0.4) is 0 Å². The summed E-state index contributed by atoms with van der Waals surface area (Å²) in [5.74, 6) is 0. The summed E-state index contributed by atoms with van der Waals surface area (Å²) in [7, 11) is -2.69. The summed E-state index contributed by atoms with van der Waals surface area (Å²) in [5, 5.41) is 0. The van der Waals surface area contributed by atoms with Crippen LogP contribution >= 0.6 is 0 Å². The fourth-order valence-electron chi connectivity index (χ4n) is 1.17. The lowest BCUT2D eigenvalue weighted by atomic mass is 10.4. The predicted molar refractivity (Wildman–Crippen MR) is 51.1 cm³/mol. The molecular weight excluding hydrogens is 204 g/mol. The van der Waals surface area contributed by atoms with Crippen LogP contribution in [0.5, 0.6) is 0 Å². The van der Waals surface area contributed by atoms with Crippen molar-refractivity contribution >= 4 is 22.1 Å². The Kier molecular flexibility index (Phi) is 2.18. The first-order chi connectivity index (χ1) is 6.72. The molecule has 0 saturated carbocycles. The second-order valence-corrected chi connectivity index (χ2v) is 3.58. The Morgan fingerprint density at radius 1 is 1.50 bits per heavy atom. The molecule has 6 nitrogen and oxygen atoms in total. The maximum Gasteiger partial charge on any atom is 0.230 e. The van der Waals surface area contributed by atoms with Crippen molar-refractivity contribution in [3.8, 4) is 0 Å². The van der Waals surface area contributed by atoms with Crippen molar-refractivity contribution in [2.45, 2.75) is 6.54 Å². The molecule has 74 valence electrons. The summed E-state index contributed by atoms with van der Waals surface area (Å²) < 4.78 is 22.5. The molecule has 14 heavy (non-hydrogen) atoms. The fraction of sp³-hybridized carbons (Fsp3) is 0.143. The van der Waals surface area contributed by atoms with E-state index in [2.05, 4.69) is 9.97 Å². The Bertz CT molecular complexity index is 538. The lowest BCUT2D eigenvalue weighted by Crippen LogP contribution is -2.01. The Labute approximate surface area is 81.5 Å². The maximum atomic E-state index is 10.7. The lowest BCUT2D eigenvalue weighted by Gasteiger charge is -1.96. The molecule has 0 radical (unpaired) electrons. The van der Waals surface area contributed by atoms with Crippen molar-refractivity contribution in [1.29, 1.82) is 0 Å². The number of thiol groups is 1. The summed E-state index contributed by atoms with van der Waals surface area (Å²) >= 11 is 0. The molecule has 0 aliphatic rings. The average molecular weight is 212 g/mol. The largest absolute Gasteiger partial charge is 0.325 e. The second kappa shape index (κ2) is 3.35. The van der Waals surface area contributed by atoms with Crippen LogP contribution in [0, 0.1) is 0 Å². The molecule has 0 aliphatic carbocycles. The van der Waals surface area contributed by atoms with E-state index in [1.807, 2.05) is 0 Å². The number of hydrogen-bond donors (Lipinski definition) is 2. The molecule has 2 N–H and O–H groups in total. The van der Waals surface area contributed by atoms with E-state index in [0.717, 1.165) is 3.97 Å². The van der Waals surface area contributed by atoms with E-state index < -0.39 is 10.9 Å². The Balaban J connectivity index is 2.71. The van der Waals surface area contributed by atoms with Gasteiger partial charge in [-0.1, -0.05) is 0 Å². The fourth-order valence-corrected chi connectivity index (χ4v) is 1.65. The highest BCUT2D eigenvalue weighted by Gasteiger charge is 2.05. The van der Waals surface area contributed by atoms with Crippen LogP contribution in [0.2, 0.25) is 0 Å². The maximum absolute atomic E-state index is 10.7. The van der Waals surface area contributed by atoms with E-state index in [4.69, 9.17) is 5.73 Å². The normalized spacial score (nSPS) is 11.3. The molecule has 0 aromatic carbocycles. The zero-order chi connectivity index (χ0) is 10.1. The van der Waals surface area contributed by atoms with Gasteiger partial charge in [-0.25, -0.2) is 22.4 Å². The van der Waals surface area contributed by atoms with Crippen molar-refractivity contribution in [1.82, 2.24) is 13.9 Å². The van der Waals surface area contributed by atoms with E-state index in [-0.39, 0.29) is 6.54 Å². The smallest absolute Gasteiger partial charge is 0.230 e. The number of rotatable bonds is 2. The van der Waals surface area contributed by atoms with Gasteiger partial charge < -0.3 is 5.73 Å². The number of nitrogens with zero attached hydrogens (tertiary/aromatic N) is 3. The zero-order valence-corrected chi connectivity index (χ0v) is 8.02. The molecule has 0 spiro atoms. The van der Waals surface area contributed by atoms with Gasteiger partial charge in [-0.05, 0) is 6.07 Å². The van der Waals surface area contributed by atoms with Gasteiger partial charge in [0.2, 0.25) is 10.9 Å². The molecular formula is C7H8N4O2S. The van der Waals surface area contributed by atoms with Crippen LogP contribution in [-0.2, 0) is 17.4 Å². The predicted octanol–water partition coefficient (Wildman–Crippen LogP) is -0.736. The van der Waals surface area contributed by atoms with Crippen molar-refractivity contribution < 1.29 is 8.42 Å². The summed E-state index contributed by atoms with van der Waals surface area (Å²) in [6, 6.07) is 1.59. The summed E-state index contributed by atoms with van der Waals surface area (Å²) in [4.78, 5) is 8.09. The van der Waals surface area contributed by atoms with Crippen LogP contribution in [0.25, 0.3) is 11.2 Å². The highest BCUT2D eigenvalue weighted by Crippen LogP contribution is 2.10. The van der Waals surface area contributed by atoms with E-state index in [0.29, 0.717) is 16.9 Å². The topological polar surface area (TPSA) is 90.9 Å². The van der Waals surface area contributed by atoms with Crippen LogP contribution in [-0.4, -0.2) is 22.4 Å². The van der Waals surface area contributed by atoms with Crippen LogP contribution in [0.4, 0.5) is 0 Å². The van der Waals surface area contributed by atoms with E-state index in [9.17, 15) is 8.42 Å². The van der Waals surface area contributed by atoms with E-state index in [1.54, 1.807) is 6.07 Å². The number of nitrogens with two attached hydrogens (primary N) is 1. The van der Waals surface area contributed by atoms with Crippen molar-refractivity contribution in [2.75, 3.05) is 0 Å². The van der Waals surface area contributed by atoms with Crippen molar-refractivity contribution in [3.05, 3.63) is 24.2 Å². The minimum absolute atomic E-state index is 0.289. The van der Waals surface area contributed by atoms with Crippen LogP contribution in [0.15, 0.2) is 18.5 Å². The molecule has 0 bridgehead atoms. The molecule has 0 atom stereocenters. The molecule has 0 saturated heterocycles. The molecule has 2 aromatic rings. The highest BCUT2D eigenvalue weighted by atomic mass is 32.2. The minimum Gasteiger partial charge on any atom is -0.325 e. The third-order valence-electron chi connectivity index (χ3n) is 1.80. The molecule has 2 heterocycles. The quantitative estimate of drug-likeness (QED) is 0.640. The summed E-state index contributed by atoms with van der Waals surface area (Å²) in [5.41, 5.74) is 6.88. The molecule has 0 amide bonds. The first-order valence-corrected chi connectivity index (χ1v) is 5.03. The summed E-state index contributed by atoms with van der Waals surface area (Å²) in [6.07, 6.45) is 2.88. The standard InChI is InChI=1S/C7H8N4O2S/c8-3-5-4-9-7-6(10-5)1-2-11(7)14(12)13/h1-2,4,14H,3,8H2. The average Bonchev–Trinajstić information content (AvgIpc) is 2.59. The molecule has 0 aliphatic heterocycles. The third kappa shape index (κ3) is 1.36. The molecule has 0 unspecified atom stereocenters. The summed E-state index contributed by atoms with van der Waals surface area (Å²) in [6.45, 7) is 0.289. The van der Waals surface area contributed by atoms with E-state index >= 15 is 0 Å². The first kappa shape index (κ1) is 9.10. The SMILES string of the molecule is NCc1cnc2c(ccn2[SH](=O)=O)n1. The number of hydrogen-bond acceptors (Lipinski definition) is 5. The van der Waals surface area contributed by atoms with Gasteiger partial charge in [0.1, 0.15) is 5.52 Å². The van der Waals surface area contributed by atoms with Gasteiger partial charge in [-0.2, -0.15) is 0 Å². The van der Waals surface area contributed by atoms with Gasteiger partial charge in [0, 0.05) is 12.7 Å². The molecule has 0 fully saturated rings. The van der Waals surface area contributed by atoms with Crippen LogP contribution < -0.4 is 5.73 Å². The lowest BCUT2D eigenvalue weighted by molar-refractivity contribution is 0.608. The van der Waals surface area contributed by atoms with Crippen molar-refractivity contribution in [2.24, 2.45) is 5.73 Å². The third-order valence-corrected chi connectivity index (χ3v) is 2.48. The highest BCUT2D eigenvalue weighted by molar-refractivity contribution is 7.71. The Morgan fingerprint density at radius 3 is 2.93 bits per heavy atom. The van der Waals surface area contributed by atoms with E-state index in [1.165, 1.54) is 12.4 Å². The van der Waals surface area contributed by atoms with Crippen LogP contribution in [0.1, 0.15) is 5.69 Å². The van der Waals surface area contributed by atoms with Gasteiger partial charge in [0.25, 0.3) is 0 Å². The zero-order valence-electron chi connectivity index (χ0n) is 7.12. The number of aromatic nitrogens is 3. The van der Waals surface area contributed by atoms with Gasteiger partial charge in [0.05, 0.1) is 11.9 Å². The second-order valence-electron chi connectivity index (χ2n) is 2.67.